The zero-order valence-corrected chi connectivity index (χ0v) is 12.5. The number of nitrogens with zero attached hydrogens (tertiary/aromatic N) is 1. The number of carbonyl (C=O) groups excluding carboxylic acids is 2. The van der Waals surface area contributed by atoms with E-state index in [1.807, 2.05) is 0 Å². The van der Waals surface area contributed by atoms with Gasteiger partial charge in [-0.15, -0.1) is 0 Å². The first-order valence-electron chi connectivity index (χ1n) is 7.45. The van der Waals surface area contributed by atoms with Crippen LogP contribution in [0.4, 0.5) is 13.2 Å². The first-order valence-corrected chi connectivity index (χ1v) is 7.45. The highest BCUT2D eigenvalue weighted by molar-refractivity contribution is 5.88. The summed E-state index contributed by atoms with van der Waals surface area (Å²) in [5, 5.41) is 2.57. The van der Waals surface area contributed by atoms with Crippen LogP contribution < -0.4 is 5.32 Å². The van der Waals surface area contributed by atoms with Gasteiger partial charge in [0.15, 0.2) is 0 Å². The van der Waals surface area contributed by atoms with Gasteiger partial charge in [-0.1, -0.05) is 0 Å². The highest BCUT2D eigenvalue weighted by atomic mass is 19.4. The van der Waals surface area contributed by atoms with Gasteiger partial charge < -0.3 is 15.0 Å². The Hall–Kier alpha value is -1.31. The predicted molar refractivity (Wildman–Crippen MR) is 72.0 cm³/mol. The summed E-state index contributed by atoms with van der Waals surface area (Å²) in [7, 11) is 1.54. The lowest BCUT2D eigenvalue weighted by molar-refractivity contribution is -0.165. The van der Waals surface area contributed by atoms with Gasteiger partial charge in [0.05, 0.1) is 12.0 Å². The third kappa shape index (κ3) is 4.12. The number of hydrogen-bond donors (Lipinski definition) is 1. The molecule has 0 aromatic heterocycles. The molecule has 2 amide bonds. The number of carbonyl (C=O) groups is 2. The number of rotatable bonds is 5. The Balaban J connectivity index is 1.88. The number of nitrogens with one attached hydrogen (secondary N) is 1. The summed E-state index contributed by atoms with van der Waals surface area (Å²) in [4.78, 5) is 24.8. The summed E-state index contributed by atoms with van der Waals surface area (Å²) < 4.78 is 42.6. The van der Waals surface area contributed by atoms with Crippen LogP contribution >= 0.6 is 0 Å². The maximum absolute atomic E-state index is 12.4. The van der Waals surface area contributed by atoms with E-state index in [9.17, 15) is 22.8 Å². The summed E-state index contributed by atoms with van der Waals surface area (Å²) >= 11 is 0. The molecule has 8 heteroatoms. The molecule has 1 N–H and O–H groups in total. The van der Waals surface area contributed by atoms with Crippen LogP contribution in [0, 0.1) is 0 Å². The zero-order chi connectivity index (χ0) is 16.4. The Morgan fingerprint density at radius 1 is 1.41 bits per heavy atom. The highest BCUT2D eigenvalue weighted by Gasteiger charge is 2.41. The van der Waals surface area contributed by atoms with E-state index in [4.69, 9.17) is 4.74 Å². The van der Waals surface area contributed by atoms with Crippen molar-refractivity contribution in [3.63, 3.8) is 0 Å². The number of ether oxygens (including phenoxy) is 1. The molecule has 2 aliphatic rings. The van der Waals surface area contributed by atoms with E-state index in [0.717, 1.165) is 24.2 Å². The molecule has 1 heterocycles. The zero-order valence-electron chi connectivity index (χ0n) is 12.5. The SMILES string of the molecule is COC1(CC(=O)NC2CCCN(CC(F)(F)F)C2=O)CCC1. The monoisotopic (exact) mass is 322 g/mol. The third-order valence-electron chi connectivity index (χ3n) is 4.42. The number of piperidine rings is 1. The molecular formula is C14H21F3N2O3. The predicted octanol–water partition coefficient (Wildman–Crippen LogP) is 1.62. The molecule has 1 atom stereocenters. The van der Waals surface area contributed by atoms with E-state index in [2.05, 4.69) is 5.32 Å². The number of likely N-dealkylation sites (tertiary alicyclic amines) is 1. The van der Waals surface area contributed by atoms with Crippen molar-refractivity contribution in [2.24, 2.45) is 0 Å². The molecular weight excluding hydrogens is 301 g/mol. The van der Waals surface area contributed by atoms with E-state index in [-0.39, 0.29) is 18.9 Å². The van der Waals surface area contributed by atoms with Crippen LogP contribution in [0.25, 0.3) is 0 Å². The fourth-order valence-corrected chi connectivity index (χ4v) is 3.01. The average molecular weight is 322 g/mol. The van der Waals surface area contributed by atoms with Gasteiger partial charge in [0.2, 0.25) is 11.8 Å². The molecule has 1 unspecified atom stereocenters. The summed E-state index contributed by atoms with van der Waals surface area (Å²) in [5.41, 5.74) is -0.465. The van der Waals surface area contributed by atoms with Crippen LogP contribution in [-0.4, -0.2) is 54.7 Å². The largest absolute Gasteiger partial charge is 0.406 e. The minimum Gasteiger partial charge on any atom is -0.378 e. The summed E-state index contributed by atoms with van der Waals surface area (Å²) in [5.74, 6) is -0.995. The first-order chi connectivity index (χ1) is 10.2. The molecule has 5 nitrogen and oxygen atoms in total. The molecule has 1 saturated carbocycles. The number of methoxy groups -OCH3 is 1. The van der Waals surface area contributed by atoms with Crippen molar-refractivity contribution < 1.29 is 27.5 Å². The Labute approximate surface area is 127 Å². The molecule has 1 saturated heterocycles. The van der Waals surface area contributed by atoms with E-state index < -0.39 is 30.3 Å². The smallest absolute Gasteiger partial charge is 0.378 e. The second-order valence-corrected chi connectivity index (χ2v) is 6.05. The van der Waals surface area contributed by atoms with Crippen molar-refractivity contribution in [3.8, 4) is 0 Å². The second-order valence-electron chi connectivity index (χ2n) is 6.05. The van der Waals surface area contributed by atoms with Gasteiger partial charge in [-0.05, 0) is 32.1 Å². The highest BCUT2D eigenvalue weighted by Crippen LogP contribution is 2.37. The molecule has 0 spiro atoms. The fourth-order valence-electron chi connectivity index (χ4n) is 3.01. The molecule has 0 bridgehead atoms. The topological polar surface area (TPSA) is 58.6 Å². The quantitative estimate of drug-likeness (QED) is 0.837. The van der Waals surface area contributed by atoms with E-state index >= 15 is 0 Å². The number of halogens is 3. The first kappa shape index (κ1) is 17.1. The molecule has 0 aromatic carbocycles. The minimum absolute atomic E-state index is 0.0761. The van der Waals surface area contributed by atoms with E-state index in [0.29, 0.717) is 12.8 Å². The van der Waals surface area contributed by atoms with Crippen LogP contribution in [-0.2, 0) is 14.3 Å². The van der Waals surface area contributed by atoms with Gasteiger partial charge in [-0.3, -0.25) is 9.59 Å². The lowest BCUT2D eigenvalue weighted by atomic mass is 9.77. The van der Waals surface area contributed by atoms with Gasteiger partial charge >= 0.3 is 6.18 Å². The summed E-state index contributed by atoms with van der Waals surface area (Å²) in [6.07, 6.45) is -0.893. The molecule has 1 aliphatic carbocycles. The van der Waals surface area contributed by atoms with Crippen molar-refractivity contribution in [1.82, 2.24) is 10.2 Å². The molecule has 0 aromatic rings. The van der Waals surface area contributed by atoms with Gasteiger partial charge in [-0.2, -0.15) is 13.2 Å². The lowest BCUT2D eigenvalue weighted by Gasteiger charge is -2.40. The second kappa shape index (κ2) is 6.44. The average Bonchev–Trinajstić information content (AvgIpc) is 2.37. The van der Waals surface area contributed by atoms with Crippen LogP contribution in [0.1, 0.15) is 38.5 Å². The number of amides is 2. The molecule has 1 aliphatic heterocycles. The van der Waals surface area contributed by atoms with Gasteiger partial charge in [0.25, 0.3) is 0 Å². The van der Waals surface area contributed by atoms with Crippen LogP contribution in [0.15, 0.2) is 0 Å². The molecule has 2 rings (SSSR count). The fraction of sp³-hybridized carbons (Fsp3) is 0.857. The maximum atomic E-state index is 12.4. The number of hydrogen-bond acceptors (Lipinski definition) is 3. The van der Waals surface area contributed by atoms with Crippen LogP contribution in [0.2, 0.25) is 0 Å². The Bertz CT molecular complexity index is 430. The molecule has 22 heavy (non-hydrogen) atoms. The van der Waals surface area contributed by atoms with Crippen molar-refractivity contribution in [1.29, 1.82) is 0 Å². The Morgan fingerprint density at radius 3 is 2.59 bits per heavy atom. The van der Waals surface area contributed by atoms with Crippen molar-refractivity contribution in [2.45, 2.75) is 56.3 Å². The standard InChI is InChI=1S/C14H21F3N2O3/c1-22-13(5-3-6-13)8-11(20)18-10-4-2-7-19(12(10)21)9-14(15,16)17/h10H,2-9H2,1H3,(H,18,20). The van der Waals surface area contributed by atoms with Gasteiger partial charge in [0, 0.05) is 13.7 Å². The van der Waals surface area contributed by atoms with Crippen LogP contribution in [0.5, 0.6) is 0 Å². The molecule has 126 valence electrons. The van der Waals surface area contributed by atoms with Crippen LogP contribution in [0.3, 0.4) is 0 Å². The van der Waals surface area contributed by atoms with Gasteiger partial charge in [0.1, 0.15) is 12.6 Å². The van der Waals surface area contributed by atoms with E-state index in [1.54, 1.807) is 7.11 Å². The Morgan fingerprint density at radius 2 is 2.09 bits per heavy atom. The summed E-state index contributed by atoms with van der Waals surface area (Å²) in [6, 6.07) is -0.863. The lowest BCUT2D eigenvalue weighted by Crippen LogP contribution is -2.55. The normalized spacial score (nSPS) is 24.8. The summed E-state index contributed by atoms with van der Waals surface area (Å²) in [6.45, 7) is -1.19. The van der Waals surface area contributed by atoms with E-state index in [1.165, 1.54) is 0 Å². The Kier molecular flexibility index (Phi) is 4.99. The molecule has 2 fully saturated rings. The molecule has 0 radical (unpaired) electrons. The van der Waals surface area contributed by atoms with Gasteiger partial charge in [-0.25, -0.2) is 0 Å². The minimum atomic E-state index is -4.42. The van der Waals surface area contributed by atoms with Crippen molar-refractivity contribution in [2.75, 3.05) is 20.2 Å². The third-order valence-corrected chi connectivity index (χ3v) is 4.42. The van der Waals surface area contributed by atoms with Crippen molar-refractivity contribution in [3.05, 3.63) is 0 Å². The number of alkyl halides is 3. The maximum Gasteiger partial charge on any atom is 0.406 e. The van der Waals surface area contributed by atoms with Crippen molar-refractivity contribution >= 4 is 11.8 Å².